The highest BCUT2D eigenvalue weighted by Gasteiger charge is 2.29. The Labute approximate surface area is 120 Å². The summed E-state index contributed by atoms with van der Waals surface area (Å²) in [4.78, 5) is 0. The molecule has 0 amide bonds. The fourth-order valence-electron chi connectivity index (χ4n) is 2.64. The molecule has 2 rings (SSSR count). The summed E-state index contributed by atoms with van der Waals surface area (Å²) in [5, 5.41) is 11.0. The van der Waals surface area contributed by atoms with Gasteiger partial charge in [0.2, 0.25) is 0 Å². The molecule has 1 unspecified atom stereocenters. The van der Waals surface area contributed by atoms with E-state index in [0.29, 0.717) is 12.8 Å². The van der Waals surface area contributed by atoms with Gasteiger partial charge >= 0.3 is 0 Å². The minimum atomic E-state index is -0.936. The molecule has 0 radical (unpaired) electrons. The van der Waals surface area contributed by atoms with Crippen LogP contribution in [0.4, 0.5) is 4.39 Å². The van der Waals surface area contributed by atoms with Gasteiger partial charge in [-0.3, -0.25) is 0 Å². The summed E-state index contributed by atoms with van der Waals surface area (Å²) in [5.74, 6) is -0.252. The first kappa shape index (κ1) is 14.7. The van der Waals surface area contributed by atoms with E-state index in [0.717, 1.165) is 23.1 Å². The van der Waals surface area contributed by atoms with Crippen molar-refractivity contribution in [2.75, 3.05) is 0 Å². The van der Waals surface area contributed by atoms with Crippen molar-refractivity contribution in [3.8, 4) is 0 Å². The van der Waals surface area contributed by atoms with Gasteiger partial charge in [0.15, 0.2) is 0 Å². The third kappa shape index (κ3) is 3.26. The highest BCUT2D eigenvalue weighted by atomic mass is 19.1. The Bertz CT molecular complexity index is 565. The number of rotatable bonds is 5. The number of hydrogen-bond acceptors (Lipinski definition) is 1. The van der Waals surface area contributed by atoms with Crippen molar-refractivity contribution in [1.29, 1.82) is 0 Å². The third-order valence-electron chi connectivity index (χ3n) is 3.77. The van der Waals surface area contributed by atoms with Gasteiger partial charge in [0, 0.05) is 6.42 Å². The molecule has 106 valence electrons. The number of aryl methyl sites for hydroxylation is 1. The number of aliphatic hydroxyl groups is 1. The SMILES string of the molecule is CCCC(O)(Cc1cc(F)ccc1C)c1ccccc1. The van der Waals surface area contributed by atoms with Crippen molar-refractivity contribution in [2.24, 2.45) is 0 Å². The van der Waals surface area contributed by atoms with Gasteiger partial charge in [0.05, 0.1) is 5.60 Å². The van der Waals surface area contributed by atoms with Crippen LogP contribution in [-0.2, 0) is 12.0 Å². The Morgan fingerprint density at radius 1 is 1.10 bits per heavy atom. The molecule has 20 heavy (non-hydrogen) atoms. The van der Waals surface area contributed by atoms with Gasteiger partial charge in [0.25, 0.3) is 0 Å². The summed E-state index contributed by atoms with van der Waals surface area (Å²) >= 11 is 0. The van der Waals surface area contributed by atoms with Crippen LogP contribution in [0, 0.1) is 12.7 Å². The van der Waals surface area contributed by atoms with Crippen molar-refractivity contribution in [2.45, 2.75) is 38.7 Å². The molecule has 0 bridgehead atoms. The lowest BCUT2D eigenvalue weighted by Gasteiger charge is -2.29. The van der Waals surface area contributed by atoms with Crippen molar-refractivity contribution in [1.82, 2.24) is 0 Å². The minimum absolute atomic E-state index is 0.252. The summed E-state index contributed by atoms with van der Waals surface area (Å²) in [6.07, 6.45) is 1.97. The van der Waals surface area contributed by atoms with Crippen LogP contribution in [0.2, 0.25) is 0 Å². The second-order valence-electron chi connectivity index (χ2n) is 5.40. The average molecular weight is 272 g/mol. The first-order valence-corrected chi connectivity index (χ1v) is 7.08. The summed E-state index contributed by atoms with van der Waals surface area (Å²) in [7, 11) is 0. The van der Waals surface area contributed by atoms with Crippen LogP contribution < -0.4 is 0 Å². The zero-order valence-electron chi connectivity index (χ0n) is 12.1. The highest BCUT2D eigenvalue weighted by Crippen LogP contribution is 2.31. The maximum Gasteiger partial charge on any atom is 0.123 e. The highest BCUT2D eigenvalue weighted by molar-refractivity contribution is 5.31. The van der Waals surface area contributed by atoms with Crippen LogP contribution in [-0.4, -0.2) is 5.11 Å². The van der Waals surface area contributed by atoms with Crippen molar-refractivity contribution < 1.29 is 9.50 Å². The number of benzene rings is 2. The van der Waals surface area contributed by atoms with E-state index >= 15 is 0 Å². The molecule has 1 nitrogen and oxygen atoms in total. The van der Waals surface area contributed by atoms with Crippen LogP contribution in [0.25, 0.3) is 0 Å². The maximum atomic E-state index is 13.4. The van der Waals surface area contributed by atoms with Gasteiger partial charge in [-0.15, -0.1) is 0 Å². The second-order valence-corrected chi connectivity index (χ2v) is 5.40. The Kier molecular flexibility index (Phi) is 4.56. The van der Waals surface area contributed by atoms with Gasteiger partial charge in [-0.2, -0.15) is 0 Å². The number of hydrogen-bond donors (Lipinski definition) is 1. The van der Waals surface area contributed by atoms with Gasteiger partial charge in [-0.1, -0.05) is 49.7 Å². The molecule has 0 aromatic heterocycles. The number of halogens is 1. The lowest BCUT2D eigenvalue weighted by molar-refractivity contribution is 0.0267. The zero-order chi connectivity index (χ0) is 14.6. The summed E-state index contributed by atoms with van der Waals surface area (Å²) < 4.78 is 13.4. The van der Waals surface area contributed by atoms with E-state index in [9.17, 15) is 9.50 Å². The first-order chi connectivity index (χ1) is 9.55. The molecule has 2 aromatic carbocycles. The Morgan fingerprint density at radius 3 is 2.45 bits per heavy atom. The standard InChI is InChI=1S/C18H21FO/c1-3-11-18(20,16-7-5-4-6-8-16)13-15-12-17(19)10-9-14(15)2/h4-10,12,20H,3,11,13H2,1-2H3. The molecular formula is C18H21FO. The fraction of sp³-hybridized carbons (Fsp3) is 0.333. The molecule has 0 aliphatic carbocycles. The minimum Gasteiger partial charge on any atom is -0.385 e. The monoisotopic (exact) mass is 272 g/mol. The van der Waals surface area contributed by atoms with E-state index in [-0.39, 0.29) is 5.82 Å². The molecule has 0 aliphatic heterocycles. The normalized spacial score (nSPS) is 14.0. The fourth-order valence-corrected chi connectivity index (χ4v) is 2.64. The lowest BCUT2D eigenvalue weighted by Crippen LogP contribution is -2.28. The Morgan fingerprint density at radius 2 is 1.80 bits per heavy atom. The summed E-state index contributed by atoms with van der Waals surface area (Å²) in [6, 6.07) is 14.4. The third-order valence-corrected chi connectivity index (χ3v) is 3.77. The van der Waals surface area contributed by atoms with Crippen LogP contribution in [0.5, 0.6) is 0 Å². The molecule has 2 aromatic rings. The zero-order valence-corrected chi connectivity index (χ0v) is 12.1. The molecule has 2 heteroatoms. The molecule has 1 atom stereocenters. The van der Waals surface area contributed by atoms with E-state index in [1.165, 1.54) is 12.1 Å². The molecule has 1 N–H and O–H groups in total. The molecule has 0 aliphatic rings. The van der Waals surface area contributed by atoms with E-state index < -0.39 is 5.60 Å². The van der Waals surface area contributed by atoms with Crippen molar-refractivity contribution in [3.63, 3.8) is 0 Å². The van der Waals surface area contributed by atoms with Gasteiger partial charge in [-0.25, -0.2) is 4.39 Å². The Balaban J connectivity index is 2.36. The second kappa shape index (κ2) is 6.19. The lowest BCUT2D eigenvalue weighted by atomic mass is 9.82. The predicted molar refractivity (Wildman–Crippen MR) is 80.1 cm³/mol. The molecule has 0 spiro atoms. The Hall–Kier alpha value is -1.67. The van der Waals surface area contributed by atoms with Gasteiger partial charge in [0.1, 0.15) is 5.82 Å². The van der Waals surface area contributed by atoms with Crippen LogP contribution in [0.3, 0.4) is 0 Å². The van der Waals surface area contributed by atoms with Crippen LogP contribution in [0.1, 0.15) is 36.5 Å². The van der Waals surface area contributed by atoms with Crippen LogP contribution in [0.15, 0.2) is 48.5 Å². The first-order valence-electron chi connectivity index (χ1n) is 7.08. The molecule has 0 heterocycles. The van der Waals surface area contributed by atoms with E-state index in [1.54, 1.807) is 6.07 Å². The van der Waals surface area contributed by atoms with Gasteiger partial charge < -0.3 is 5.11 Å². The smallest absolute Gasteiger partial charge is 0.123 e. The maximum absolute atomic E-state index is 13.4. The van der Waals surface area contributed by atoms with Crippen LogP contribution >= 0.6 is 0 Å². The van der Waals surface area contributed by atoms with Crippen molar-refractivity contribution in [3.05, 3.63) is 71.0 Å². The molecule has 0 saturated heterocycles. The van der Waals surface area contributed by atoms with Crippen molar-refractivity contribution >= 4 is 0 Å². The predicted octanol–water partition coefficient (Wildman–Crippen LogP) is 4.36. The summed E-state index contributed by atoms with van der Waals surface area (Å²) in [5.41, 5.74) is 1.83. The van der Waals surface area contributed by atoms with E-state index in [2.05, 4.69) is 0 Å². The van der Waals surface area contributed by atoms with E-state index in [1.807, 2.05) is 44.2 Å². The topological polar surface area (TPSA) is 20.2 Å². The summed E-state index contributed by atoms with van der Waals surface area (Å²) in [6.45, 7) is 4.00. The van der Waals surface area contributed by atoms with Gasteiger partial charge in [-0.05, 0) is 42.2 Å². The molecular weight excluding hydrogens is 251 g/mol. The molecule has 0 saturated carbocycles. The largest absolute Gasteiger partial charge is 0.385 e. The average Bonchev–Trinajstić information content (AvgIpc) is 2.44. The quantitative estimate of drug-likeness (QED) is 0.857. The molecule has 0 fully saturated rings. The van der Waals surface area contributed by atoms with E-state index in [4.69, 9.17) is 0 Å².